The minimum Gasteiger partial charge on any atom is -0.383 e. The van der Waals surface area contributed by atoms with Crippen LogP contribution < -0.4 is 11.1 Å². The summed E-state index contributed by atoms with van der Waals surface area (Å²) in [6.45, 7) is 0. The van der Waals surface area contributed by atoms with E-state index in [0.717, 1.165) is 12.3 Å². The molecule has 0 spiro atoms. The molecule has 1 heterocycles. The average Bonchev–Trinajstić information content (AvgIpc) is 2.32. The Hall–Kier alpha value is -1.09. The third-order valence-electron chi connectivity index (χ3n) is 3.63. The van der Waals surface area contributed by atoms with Crippen LogP contribution in [0.15, 0.2) is 18.3 Å². The zero-order chi connectivity index (χ0) is 11.4. The highest BCUT2D eigenvalue weighted by atomic mass is 14.9. The van der Waals surface area contributed by atoms with Crippen LogP contribution in [0.2, 0.25) is 0 Å². The van der Waals surface area contributed by atoms with Gasteiger partial charge in [-0.3, -0.25) is 0 Å². The van der Waals surface area contributed by atoms with Crippen LogP contribution >= 0.6 is 0 Å². The Morgan fingerprint density at radius 2 is 2.38 bits per heavy atom. The van der Waals surface area contributed by atoms with Crippen molar-refractivity contribution in [2.24, 2.45) is 5.92 Å². The summed E-state index contributed by atoms with van der Waals surface area (Å²) >= 11 is 0. The number of nitrogen functional groups attached to an aromatic ring is 1. The van der Waals surface area contributed by atoms with Crippen LogP contribution in [0.25, 0.3) is 0 Å². The third-order valence-corrected chi connectivity index (χ3v) is 3.63. The van der Waals surface area contributed by atoms with Gasteiger partial charge < -0.3 is 11.1 Å². The van der Waals surface area contributed by atoms with Crippen LogP contribution in [0.4, 0.5) is 5.82 Å². The number of rotatable bonds is 3. The van der Waals surface area contributed by atoms with Crippen molar-refractivity contribution < 1.29 is 0 Å². The number of anilines is 1. The first-order chi connectivity index (χ1) is 7.79. The molecule has 0 saturated heterocycles. The molecule has 1 aliphatic rings. The molecule has 0 bridgehead atoms. The van der Waals surface area contributed by atoms with E-state index in [1.54, 1.807) is 6.20 Å². The van der Waals surface area contributed by atoms with Crippen LogP contribution in [0.5, 0.6) is 0 Å². The SMILES string of the molecule is CNC1CCCC(Cc2cccnc2N)C1. The van der Waals surface area contributed by atoms with Gasteiger partial charge in [0.2, 0.25) is 0 Å². The third kappa shape index (κ3) is 2.73. The van der Waals surface area contributed by atoms with Crippen LogP contribution in [0.1, 0.15) is 31.2 Å². The molecule has 3 N–H and O–H groups in total. The molecule has 0 radical (unpaired) electrons. The number of nitrogens with two attached hydrogens (primary N) is 1. The average molecular weight is 219 g/mol. The van der Waals surface area contributed by atoms with E-state index in [4.69, 9.17) is 5.73 Å². The molecule has 0 amide bonds. The van der Waals surface area contributed by atoms with E-state index < -0.39 is 0 Å². The van der Waals surface area contributed by atoms with Gasteiger partial charge in [0.15, 0.2) is 0 Å². The first-order valence-electron chi connectivity index (χ1n) is 6.16. The van der Waals surface area contributed by atoms with Crippen molar-refractivity contribution in [3.8, 4) is 0 Å². The normalized spacial score (nSPS) is 25.6. The Morgan fingerprint density at radius 1 is 1.50 bits per heavy atom. The van der Waals surface area contributed by atoms with E-state index in [0.29, 0.717) is 11.9 Å². The standard InChI is InChI=1S/C13H21N3/c1-15-12-6-2-4-10(9-12)8-11-5-3-7-16-13(11)14/h3,5,7,10,12,15H,2,4,6,8-9H2,1H3,(H2,14,16). The highest BCUT2D eigenvalue weighted by molar-refractivity contribution is 5.38. The van der Waals surface area contributed by atoms with Gasteiger partial charge in [-0.1, -0.05) is 18.9 Å². The Bertz CT molecular complexity index is 338. The van der Waals surface area contributed by atoms with Gasteiger partial charge in [-0.15, -0.1) is 0 Å². The van der Waals surface area contributed by atoms with Gasteiger partial charge >= 0.3 is 0 Å². The Labute approximate surface area is 97.5 Å². The molecule has 1 aromatic rings. The van der Waals surface area contributed by atoms with E-state index in [9.17, 15) is 0 Å². The number of aromatic nitrogens is 1. The molecule has 3 heteroatoms. The lowest BCUT2D eigenvalue weighted by molar-refractivity contribution is 0.294. The fraction of sp³-hybridized carbons (Fsp3) is 0.615. The van der Waals surface area contributed by atoms with Gasteiger partial charge in [-0.2, -0.15) is 0 Å². The predicted molar refractivity (Wildman–Crippen MR) is 67.2 cm³/mol. The number of pyridine rings is 1. The van der Waals surface area contributed by atoms with Crippen molar-refractivity contribution in [3.63, 3.8) is 0 Å². The Morgan fingerprint density at radius 3 is 3.12 bits per heavy atom. The monoisotopic (exact) mass is 219 g/mol. The lowest BCUT2D eigenvalue weighted by Gasteiger charge is -2.29. The molecule has 1 saturated carbocycles. The Kier molecular flexibility index (Phi) is 3.78. The van der Waals surface area contributed by atoms with Gasteiger partial charge in [0.1, 0.15) is 5.82 Å². The molecule has 0 aromatic carbocycles. The molecule has 1 aromatic heterocycles. The molecular weight excluding hydrogens is 198 g/mol. The zero-order valence-corrected chi connectivity index (χ0v) is 9.95. The lowest BCUT2D eigenvalue weighted by atomic mass is 9.82. The van der Waals surface area contributed by atoms with Gasteiger partial charge in [0.05, 0.1) is 0 Å². The highest BCUT2D eigenvalue weighted by Gasteiger charge is 2.21. The van der Waals surface area contributed by atoms with Crippen LogP contribution in [0, 0.1) is 5.92 Å². The van der Waals surface area contributed by atoms with Gasteiger partial charge in [-0.25, -0.2) is 4.98 Å². The van der Waals surface area contributed by atoms with Crippen LogP contribution in [-0.2, 0) is 6.42 Å². The summed E-state index contributed by atoms with van der Waals surface area (Å²) in [5.41, 5.74) is 7.09. The fourth-order valence-electron chi connectivity index (χ4n) is 2.67. The maximum atomic E-state index is 5.88. The molecule has 1 aliphatic carbocycles. The first kappa shape index (κ1) is 11.4. The predicted octanol–water partition coefficient (Wildman–Crippen LogP) is 1.98. The number of hydrogen-bond acceptors (Lipinski definition) is 3. The second kappa shape index (κ2) is 5.30. The van der Waals surface area contributed by atoms with Gasteiger partial charge in [-0.05, 0) is 43.9 Å². The molecule has 1 fully saturated rings. The smallest absolute Gasteiger partial charge is 0.126 e. The topological polar surface area (TPSA) is 50.9 Å². The van der Waals surface area contributed by atoms with Crippen molar-refractivity contribution >= 4 is 5.82 Å². The fourth-order valence-corrected chi connectivity index (χ4v) is 2.67. The maximum Gasteiger partial charge on any atom is 0.126 e. The summed E-state index contributed by atoms with van der Waals surface area (Å²) in [5.74, 6) is 1.46. The van der Waals surface area contributed by atoms with Crippen molar-refractivity contribution in [2.75, 3.05) is 12.8 Å². The number of hydrogen-bond donors (Lipinski definition) is 2. The molecule has 3 nitrogen and oxygen atoms in total. The molecule has 0 aliphatic heterocycles. The van der Waals surface area contributed by atoms with Gasteiger partial charge in [0.25, 0.3) is 0 Å². The van der Waals surface area contributed by atoms with Crippen molar-refractivity contribution in [3.05, 3.63) is 23.9 Å². The zero-order valence-electron chi connectivity index (χ0n) is 9.95. The molecular formula is C13H21N3. The van der Waals surface area contributed by atoms with E-state index in [2.05, 4.69) is 23.4 Å². The summed E-state index contributed by atoms with van der Waals surface area (Å²) in [6.07, 6.45) is 8.08. The van der Waals surface area contributed by atoms with Crippen molar-refractivity contribution in [1.82, 2.24) is 10.3 Å². The summed E-state index contributed by atoms with van der Waals surface area (Å²) in [6, 6.07) is 4.77. The van der Waals surface area contributed by atoms with E-state index in [1.165, 1.54) is 31.2 Å². The minimum atomic E-state index is 0.691. The van der Waals surface area contributed by atoms with Gasteiger partial charge in [0, 0.05) is 12.2 Å². The highest BCUT2D eigenvalue weighted by Crippen LogP contribution is 2.28. The van der Waals surface area contributed by atoms with E-state index >= 15 is 0 Å². The number of nitrogens with one attached hydrogen (secondary N) is 1. The summed E-state index contributed by atoms with van der Waals surface area (Å²) in [7, 11) is 2.06. The summed E-state index contributed by atoms with van der Waals surface area (Å²) < 4.78 is 0. The summed E-state index contributed by atoms with van der Waals surface area (Å²) in [5, 5.41) is 3.39. The first-order valence-corrected chi connectivity index (χ1v) is 6.16. The summed E-state index contributed by atoms with van der Waals surface area (Å²) in [4.78, 5) is 4.15. The number of nitrogens with zero attached hydrogens (tertiary/aromatic N) is 1. The maximum absolute atomic E-state index is 5.88. The molecule has 88 valence electrons. The molecule has 2 rings (SSSR count). The van der Waals surface area contributed by atoms with Crippen molar-refractivity contribution in [2.45, 2.75) is 38.1 Å². The molecule has 2 unspecified atom stereocenters. The van der Waals surface area contributed by atoms with E-state index in [-0.39, 0.29) is 0 Å². The second-order valence-corrected chi connectivity index (χ2v) is 4.77. The lowest BCUT2D eigenvalue weighted by Crippen LogP contribution is -2.32. The van der Waals surface area contributed by atoms with Crippen molar-refractivity contribution in [1.29, 1.82) is 0 Å². The molecule has 16 heavy (non-hydrogen) atoms. The minimum absolute atomic E-state index is 0.691. The molecule has 2 atom stereocenters. The quantitative estimate of drug-likeness (QED) is 0.817. The second-order valence-electron chi connectivity index (χ2n) is 4.77. The Balaban J connectivity index is 1.97. The van der Waals surface area contributed by atoms with E-state index in [1.807, 2.05) is 6.07 Å². The van der Waals surface area contributed by atoms with Crippen LogP contribution in [0.3, 0.4) is 0 Å². The largest absolute Gasteiger partial charge is 0.383 e. The van der Waals surface area contributed by atoms with Crippen LogP contribution in [-0.4, -0.2) is 18.1 Å².